The van der Waals surface area contributed by atoms with Crippen molar-refractivity contribution in [3.05, 3.63) is 47.5 Å². The van der Waals surface area contributed by atoms with Crippen molar-refractivity contribution in [2.45, 2.75) is 46.5 Å². The molecular formula is C23H29N5O3. The van der Waals surface area contributed by atoms with Crippen molar-refractivity contribution < 1.29 is 14.6 Å². The molecule has 2 heterocycles. The number of nitrogens with one attached hydrogen (secondary N) is 1. The highest BCUT2D eigenvalue weighted by Gasteiger charge is 2.19. The maximum absolute atomic E-state index is 11.3. The zero-order valence-electron chi connectivity index (χ0n) is 18.6. The van der Waals surface area contributed by atoms with E-state index in [0.717, 1.165) is 40.2 Å². The van der Waals surface area contributed by atoms with Gasteiger partial charge in [0.05, 0.1) is 36.8 Å². The number of carbonyl (C=O) groups is 1. The summed E-state index contributed by atoms with van der Waals surface area (Å²) >= 11 is 0. The van der Waals surface area contributed by atoms with Crippen LogP contribution in [-0.4, -0.2) is 37.4 Å². The highest BCUT2D eigenvalue weighted by atomic mass is 16.5. The number of nitrogens with zero attached hydrogens (tertiary/aromatic N) is 4. The molecule has 3 rings (SSSR count). The summed E-state index contributed by atoms with van der Waals surface area (Å²) in [5, 5.41) is 17.3. The van der Waals surface area contributed by atoms with E-state index in [9.17, 15) is 9.90 Å². The van der Waals surface area contributed by atoms with E-state index >= 15 is 0 Å². The van der Waals surface area contributed by atoms with E-state index in [2.05, 4.69) is 20.4 Å². The van der Waals surface area contributed by atoms with Gasteiger partial charge in [-0.05, 0) is 44.7 Å². The van der Waals surface area contributed by atoms with E-state index < -0.39 is 5.97 Å². The first-order chi connectivity index (χ1) is 14.8. The molecule has 0 unspecified atom stereocenters. The number of rotatable bonds is 9. The van der Waals surface area contributed by atoms with E-state index in [-0.39, 0.29) is 12.3 Å². The SMILES string of the molecule is CCOc1ncc(Nc2cc([C@H](CC)CC(=O)O)ccc2-c2c(C)nn(C)c2C)cn1. The lowest BCUT2D eigenvalue weighted by atomic mass is 9.90. The minimum atomic E-state index is -0.802. The predicted octanol–water partition coefficient (Wildman–Crippen LogP) is 4.60. The van der Waals surface area contributed by atoms with Crippen LogP contribution in [0.25, 0.3) is 11.1 Å². The quantitative estimate of drug-likeness (QED) is 0.518. The first-order valence-electron chi connectivity index (χ1n) is 10.4. The normalized spacial score (nSPS) is 11.9. The van der Waals surface area contributed by atoms with Gasteiger partial charge in [-0.15, -0.1) is 0 Å². The molecule has 0 aliphatic carbocycles. The molecule has 164 valence electrons. The van der Waals surface area contributed by atoms with Crippen LogP contribution in [0.15, 0.2) is 30.6 Å². The number of ether oxygens (including phenoxy) is 1. The van der Waals surface area contributed by atoms with Crippen molar-refractivity contribution in [3.8, 4) is 17.1 Å². The second-order valence-electron chi connectivity index (χ2n) is 7.49. The Morgan fingerprint density at radius 2 is 1.94 bits per heavy atom. The van der Waals surface area contributed by atoms with Crippen molar-refractivity contribution in [1.29, 1.82) is 0 Å². The number of benzene rings is 1. The zero-order valence-corrected chi connectivity index (χ0v) is 18.6. The summed E-state index contributed by atoms with van der Waals surface area (Å²) in [5.74, 6) is -0.871. The summed E-state index contributed by atoms with van der Waals surface area (Å²) in [4.78, 5) is 19.8. The smallest absolute Gasteiger partial charge is 0.316 e. The molecule has 0 saturated carbocycles. The fourth-order valence-corrected chi connectivity index (χ4v) is 3.75. The molecule has 0 spiro atoms. The van der Waals surface area contributed by atoms with Crippen molar-refractivity contribution >= 4 is 17.3 Å². The summed E-state index contributed by atoms with van der Waals surface area (Å²) in [6, 6.07) is 6.40. The van der Waals surface area contributed by atoms with Crippen LogP contribution < -0.4 is 10.1 Å². The highest BCUT2D eigenvalue weighted by Crippen LogP contribution is 2.37. The second kappa shape index (κ2) is 9.59. The first kappa shape index (κ1) is 22.3. The topological polar surface area (TPSA) is 102 Å². The molecule has 1 aromatic carbocycles. The van der Waals surface area contributed by atoms with Gasteiger partial charge in [0.1, 0.15) is 0 Å². The van der Waals surface area contributed by atoms with Crippen molar-refractivity contribution in [2.24, 2.45) is 7.05 Å². The third-order valence-corrected chi connectivity index (χ3v) is 5.39. The molecule has 1 atom stereocenters. The van der Waals surface area contributed by atoms with Gasteiger partial charge in [-0.25, -0.2) is 9.97 Å². The average Bonchev–Trinajstić information content (AvgIpc) is 2.99. The molecular weight excluding hydrogens is 394 g/mol. The largest absolute Gasteiger partial charge is 0.481 e. The molecule has 0 aliphatic rings. The van der Waals surface area contributed by atoms with E-state index in [4.69, 9.17) is 4.74 Å². The van der Waals surface area contributed by atoms with Gasteiger partial charge < -0.3 is 15.2 Å². The summed E-state index contributed by atoms with van der Waals surface area (Å²) in [6.45, 7) is 8.41. The Morgan fingerprint density at radius 3 is 2.48 bits per heavy atom. The van der Waals surface area contributed by atoms with Crippen LogP contribution in [0.4, 0.5) is 11.4 Å². The first-order valence-corrected chi connectivity index (χ1v) is 10.4. The molecule has 3 aromatic rings. The van der Waals surface area contributed by atoms with Crippen LogP contribution in [0.5, 0.6) is 6.01 Å². The second-order valence-corrected chi connectivity index (χ2v) is 7.49. The number of hydrogen-bond donors (Lipinski definition) is 2. The van der Waals surface area contributed by atoms with Crippen LogP contribution in [0.1, 0.15) is 49.6 Å². The van der Waals surface area contributed by atoms with Crippen LogP contribution >= 0.6 is 0 Å². The van der Waals surface area contributed by atoms with E-state index in [1.54, 1.807) is 12.4 Å². The minimum absolute atomic E-state index is 0.0697. The highest BCUT2D eigenvalue weighted by molar-refractivity contribution is 5.84. The number of aliphatic carboxylic acids is 1. The van der Waals surface area contributed by atoms with Gasteiger partial charge in [-0.1, -0.05) is 19.1 Å². The predicted molar refractivity (Wildman–Crippen MR) is 120 cm³/mol. The fraction of sp³-hybridized carbons (Fsp3) is 0.391. The number of carboxylic acid groups (broad SMARTS) is 1. The third-order valence-electron chi connectivity index (χ3n) is 5.39. The van der Waals surface area contributed by atoms with Gasteiger partial charge in [0.2, 0.25) is 0 Å². The Morgan fingerprint density at radius 1 is 1.23 bits per heavy atom. The van der Waals surface area contributed by atoms with Gasteiger partial charge in [-0.2, -0.15) is 5.10 Å². The minimum Gasteiger partial charge on any atom is -0.481 e. The Balaban J connectivity index is 2.06. The molecule has 0 bridgehead atoms. The monoisotopic (exact) mass is 423 g/mol. The number of hydrogen-bond acceptors (Lipinski definition) is 6. The van der Waals surface area contributed by atoms with Gasteiger partial charge >= 0.3 is 12.0 Å². The number of anilines is 2. The number of aromatic nitrogens is 4. The molecule has 0 aliphatic heterocycles. The van der Waals surface area contributed by atoms with Crippen molar-refractivity contribution in [2.75, 3.05) is 11.9 Å². The molecule has 31 heavy (non-hydrogen) atoms. The summed E-state index contributed by atoms with van der Waals surface area (Å²) in [6.07, 6.45) is 4.17. The van der Waals surface area contributed by atoms with Gasteiger partial charge in [0, 0.05) is 29.6 Å². The lowest BCUT2D eigenvalue weighted by Gasteiger charge is -2.18. The molecule has 2 N–H and O–H groups in total. The van der Waals surface area contributed by atoms with Gasteiger partial charge in [0.15, 0.2) is 0 Å². The van der Waals surface area contributed by atoms with Gasteiger partial charge in [0.25, 0.3) is 0 Å². The maximum Gasteiger partial charge on any atom is 0.316 e. The number of aryl methyl sites for hydroxylation is 2. The Kier molecular flexibility index (Phi) is 6.89. The molecule has 2 aromatic heterocycles. The lowest BCUT2D eigenvalue weighted by Crippen LogP contribution is -2.06. The van der Waals surface area contributed by atoms with E-state index in [1.165, 1.54) is 0 Å². The van der Waals surface area contributed by atoms with E-state index in [1.807, 2.05) is 57.6 Å². The lowest BCUT2D eigenvalue weighted by molar-refractivity contribution is -0.137. The van der Waals surface area contributed by atoms with E-state index in [0.29, 0.717) is 18.3 Å². The standard InChI is InChI=1S/C23H29N5O3/c1-6-16(11-21(29)30)17-8-9-19(22-14(3)27-28(5)15(22)4)20(10-17)26-18-12-24-23(25-13-18)31-7-2/h8-10,12-13,16,26H,6-7,11H2,1-5H3,(H,29,30)/t16-/m1/s1. The third kappa shape index (κ3) is 5.02. The van der Waals surface area contributed by atoms with Crippen LogP contribution in [0.2, 0.25) is 0 Å². The molecule has 8 nitrogen and oxygen atoms in total. The number of carboxylic acids is 1. The fourth-order valence-electron chi connectivity index (χ4n) is 3.75. The molecule has 0 saturated heterocycles. The zero-order chi connectivity index (χ0) is 22.5. The maximum atomic E-state index is 11.3. The molecule has 0 radical (unpaired) electrons. The molecule has 0 fully saturated rings. The van der Waals surface area contributed by atoms with Crippen LogP contribution in [0.3, 0.4) is 0 Å². The molecule has 0 amide bonds. The Labute approximate surface area is 182 Å². The summed E-state index contributed by atoms with van der Waals surface area (Å²) in [5.41, 5.74) is 6.56. The summed E-state index contributed by atoms with van der Waals surface area (Å²) in [7, 11) is 1.92. The molecule has 8 heteroatoms. The van der Waals surface area contributed by atoms with Crippen LogP contribution in [0, 0.1) is 13.8 Å². The Hall–Kier alpha value is -3.42. The van der Waals surface area contributed by atoms with Gasteiger partial charge in [-0.3, -0.25) is 9.48 Å². The Bertz CT molecular complexity index is 1060. The van der Waals surface area contributed by atoms with Crippen LogP contribution in [-0.2, 0) is 11.8 Å². The summed E-state index contributed by atoms with van der Waals surface area (Å²) < 4.78 is 7.19. The van der Waals surface area contributed by atoms with Crippen molar-refractivity contribution in [1.82, 2.24) is 19.7 Å². The van der Waals surface area contributed by atoms with Crippen molar-refractivity contribution in [3.63, 3.8) is 0 Å². The average molecular weight is 424 g/mol.